The van der Waals surface area contributed by atoms with Gasteiger partial charge in [0.05, 0.1) is 6.26 Å². The van der Waals surface area contributed by atoms with Crippen LogP contribution >= 0.6 is 0 Å². The van der Waals surface area contributed by atoms with Crippen LogP contribution in [0.2, 0.25) is 0 Å². The number of nitrogens with zero attached hydrogens (tertiary/aromatic N) is 1. The molecule has 0 spiro atoms. The van der Waals surface area contributed by atoms with Gasteiger partial charge in [0.1, 0.15) is 12.4 Å². The fraction of sp³-hybridized carbons (Fsp3) is 0.667. The second kappa shape index (κ2) is 8.64. The molecule has 1 aliphatic rings. The summed E-state index contributed by atoms with van der Waals surface area (Å²) in [5, 5.41) is 6.79. The zero-order valence-corrected chi connectivity index (χ0v) is 12.2. The zero-order chi connectivity index (χ0) is 14.0. The number of rotatable bonds is 7. The maximum absolute atomic E-state index is 5.53. The van der Waals surface area contributed by atoms with Gasteiger partial charge in [-0.2, -0.15) is 0 Å². The largest absolute Gasteiger partial charge is 0.467 e. The Balaban J connectivity index is 1.50. The van der Waals surface area contributed by atoms with E-state index in [4.69, 9.17) is 9.15 Å². The minimum absolute atomic E-state index is 0.544. The Kier molecular flexibility index (Phi) is 6.44. The van der Waals surface area contributed by atoms with E-state index in [1.54, 1.807) is 6.26 Å². The summed E-state index contributed by atoms with van der Waals surface area (Å²) in [6.07, 6.45) is 7.79. The van der Waals surface area contributed by atoms with Gasteiger partial charge in [0.2, 0.25) is 0 Å². The Hall–Kier alpha value is -1.49. The highest BCUT2D eigenvalue weighted by Gasteiger charge is 2.15. The van der Waals surface area contributed by atoms with Crippen molar-refractivity contribution in [3.63, 3.8) is 0 Å². The van der Waals surface area contributed by atoms with Crippen LogP contribution in [0.15, 0.2) is 27.8 Å². The molecule has 0 saturated heterocycles. The summed E-state index contributed by atoms with van der Waals surface area (Å²) >= 11 is 0. The molecule has 1 fully saturated rings. The Morgan fingerprint density at radius 1 is 1.45 bits per heavy atom. The smallest absolute Gasteiger partial charge is 0.191 e. The average molecular weight is 279 g/mol. The Morgan fingerprint density at radius 3 is 3.00 bits per heavy atom. The van der Waals surface area contributed by atoms with Gasteiger partial charge in [0.25, 0.3) is 0 Å². The molecule has 1 aromatic heterocycles. The van der Waals surface area contributed by atoms with Gasteiger partial charge in [0.15, 0.2) is 5.96 Å². The molecule has 0 unspecified atom stereocenters. The number of nitrogens with one attached hydrogen (secondary N) is 2. The summed E-state index contributed by atoms with van der Waals surface area (Å²) < 4.78 is 10.7. The Morgan fingerprint density at radius 2 is 2.30 bits per heavy atom. The molecule has 0 atom stereocenters. The van der Waals surface area contributed by atoms with Gasteiger partial charge in [-0.1, -0.05) is 12.8 Å². The summed E-state index contributed by atoms with van der Waals surface area (Å²) in [6, 6.07) is 4.39. The molecule has 1 heterocycles. The molecular formula is C15H25N3O2. The highest BCUT2D eigenvalue weighted by molar-refractivity contribution is 5.79. The van der Waals surface area contributed by atoms with Crippen molar-refractivity contribution in [2.24, 2.45) is 4.99 Å². The quantitative estimate of drug-likeness (QED) is 0.457. The molecule has 1 aromatic rings. The van der Waals surface area contributed by atoms with Crippen molar-refractivity contribution in [2.75, 3.05) is 20.2 Å². The third-order valence-electron chi connectivity index (χ3n) is 3.50. The fourth-order valence-electron chi connectivity index (χ4n) is 2.41. The average Bonchev–Trinajstić information content (AvgIpc) is 3.14. The lowest BCUT2D eigenvalue weighted by Gasteiger charge is -2.16. The molecule has 5 nitrogen and oxygen atoms in total. The van der Waals surface area contributed by atoms with Gasteiger partial charge in [0, 0.05) is 26.2 Å². The van der Waals surface area contributed by atoms with Gasteiger partial charge < -0.3 is 19.8 Å². The van der Waals surface area contributed by atoms with Gasteiger partial charge in [-0.3, -0.25) is 4.99 Å². The van der Waals surface area contributed by atoms with E-state index >= 15 is 0 Å². The first-order chi connectivity index (χ1) is 9.88. The zero-order valence-electron chi connectivity index (χ0n) is 12.2. The summed E-state index contributed by atoms with van der Waals surface area (Å²) in [5.41, 5.74) is 0. The molecule has 20 heavy (non-hydrogen) atoms. The maximum Gasteiger partial charge on any atom is 0.191 e. The first-order valence-electron chi connectivity index (χ1n) is 7.46. The summed E-state index contributed by atoms with van der Waals surface area (Å²) in [4.78, 5) is 4.25. The van der Waals surface area contributed by atoms with E-state index in [-0.39, 0.29) is 0 Å². The third-order valence-corrected chi connectivity index (χ3v) is 3.50. The van der Waals surface area contributed by atoms with Crippen LogP contribution in [0.4, 0.5) is 0 Å². The molecular weight excluding hydrogens is 254 g/mol. The summed E-state index contributed by atoms with van der Waals surface area (Å²) in [7, 11) is 1.82. The molecule has 5 heteroatoms. The van der Waals surface area contributed by atoms with E-state index in [1.807, 2.05) is 19.2 Å². The standard InChI is InChI=1S/C15H25N3O2/c1-16-15(18-13-6-2-3-7-13)17-9-5-10-19-12-14-8-4-11-20-14/h4,8,11,13H,2-3,5-7,9-10,12H2,1H3,(H2,16,17,18). The van der Waals surface area contributed by atoms with Gasteiger partial charge in [-0.15, -0.1) is 0 Å². The second-order valence-corrected chi connectivity index (χ2v) is 5.11. The highest BCUT2D eigenvalue weighted by Crippen LogP contribution is 2.17. The van der Waals surface area contributed by atoms with Crippen molar-refractivity contribution in [2.45, 2.75) is 44.8 Å². The lowest BCUT2D eigenvalue weighted by molar-refractivity contribution is 0.105. The predicted molar refractivity (Wildman–Crippen MR) is 79.7 cm³/mol. The number of hydrogen-bond donors (Lipinski definition) is 2. The molecule has 1 saturated carbocycles. The van der Waals surface area contributed by atoms with Gasteiger partial charge in [-0.25, -0.2) is 0 Å². The molecule has 0 amide bonds. The van der Waals surface area contributed by atoms with Crippen LogP contribution in [-0.4, -0.2) is 32.2 Å². The topological polar surface area (TPSA) is 58.8 Å². The van der Waals surface area contributed by atoms with E-state index in [1.165, 1.54) is 25.7 Å². The Bertz CT molecular complexity index is 384. The Labute approximate surface area is 120 Å². The van der Waals surface area contributed by atoms with Crippen molar-refractivity contribution in [1.29, 1.82) is 0 Å². The highest BCUT2D eigenvalue weighted by atomic mass is 16.5. The second-order valence-electron chi connectivity index (χ2n) is 5.11. The number of guanidine groups is 1. The van der Waals surface area contributed by atoms with Crippen LogP contribution < -0.4 is 10.6 Å². The van der Waals surface area contributed by atoms with E-state index in [9.17, 15) is 0 Å². The first kappa shape index (κ1) is 14.9. The summed E-state index contributed by atoms with van der Waals surface area (Å²) in [6.45, 7) is 2.13. The van der Waals surface area contributed by atoms with E-state index in [0.717, 1.165) is 24.7 Å². The van der Waals surface area contributed by atoms with Crippen molar-refractivity contribution >= 4 is 5.96 Å². The van der Waals surface area contributed by atoms with E-state index < -0.39 is 0 Å². The molecule has 112 valence electrons. The van der Waals surface area contributed by atoms with Crippen molar-refractivity contribution in [3.05, 3.63) is 24.2 Å². The number of ether oxygens (including phenoxy) is 1. The SMILES string of the molecule is CN=C(NCCCOCc1ccco1)NC1CCCC1. The van der Waals surface area contributed by atoms with E-state index in [0.29, 0.717) is 19.3 Å². The van der Waals surface area contributed by atoms with Gasteiger partial charge >= 0.3 is 0 Å². The van der Waals surface area contributed by atoms with Crippen LogP contribution in [0.1, 0.15) is 37.9 Å². The lowest BCUT2D eigenvalue weighted by Crippen LogP contribution is -2.42. The van der Waals surface area contributed by atoms with Crippen LogP contribution in [0.3, 0.4) is 0 Å². The fourth-order valence-corrected chi connectivity index (χ4v) is 2.41. The van der Waals surface area contributed by atoms with E-state index in [2.05, 4.69) is 15.6 Å². The minimum atomic E-state index is 0.544. The van der Waals surface area contributed by atoms with Crippen LogP contribution in [0, 0.1) is 0 Å². The molecule has 0 radical (unpaired) electrons. The maximum atomic E-state index is 5.53. The van der Waals surface area contributed by atoms with Crippen LogP contribution in [0.5, 0.6) is 0 Å². The van der Waals surface area contributed by atoms with Crippen molar-refractivity contribution in [1.82, 2.24) is 10.6 Å². The number of furan rings is 1. The van der Waals surface area contributed by atoms with Crippen LogP contribution in [0.25, 0.3) is 0 Å². The first-order valence-corrected chi connectivity index (χ1v) is 7.46. The van der Waals surface area contributed by atoms with Gasteiger partial charge in [-0.05, 0) is 31.4 Å². The van der Waals surface area contributed by atoms with Crippen molar-refractivity contribution < 1.29 is 9.15 Å². The molecule has 0 aromatic carbocycles. The molecule has 0 bridgehead atoms. The number of hydrogen-bond acceptors (Lipinski definition) is 3. The normalized spacial score (nSPS) is 16.6. The predicted octanol–water partition coefficient (Wildman–Crippen LogP) is 2.29. The monoisotopic (exact) mass is 279 g/mol. The van der Waals surface area contributed by atoms with Crippen molar-refractivity contribution in [3.8, 4) is 0 Å². The molecule has 0 aliphatic heterocycles. The molecule has 2 N–H and O–H groups in total. The third kappa shape index (κ3) is 5.25. The van der Waals surface area contributed by atoms with Crippen LogP contribution in [-0.2, 0) is 11.3 Å². The molecule has 1 aliphatic carbocycles. The summed E-state index contributed by atoms with van der Waals surface area (Å²) in [5.74, 6) is 1.78. The lowest BCUT2D eigenvalue weighted by atomic mass is 10.2. The minimum Gasteiger partial charge on any atom is -0.467 e. The molecule has 2 rings (SSSR count). The number of aliphatic imine (C=N–C) groups is 1.